The number of carbonyl (C=O) groups is 2. The summed E-state index contributed by atoms with van der Waals surface area (Å²) in [6.07, 6.45) is 3.69. The zero-order valence-electron chi connectivity index (χ0n) is 13.0. The SMILES string of the molecule is CC1(OC(=O)CCNC(=O)OCc2ccccc2)CCCC1. The summed E-state index contributed by atoms with van der Waals surface area (Å²) in [5.74, 6) is -0.271. The van der Waals surface area contributed by atoms with Crippen molar-refractivity contribution in [1.29, 1.82) is 0 Å². The Morgan fingerprint density at radius 1 is 1.18 bits per heavy atom. The maximum Gasteiger partial charge on any atom is 0.407 e. The van der Waals surface area contributed by atoms with Crippen LogP contribution in [0.4, 0.5) is 4.79 Å². The molecule has 1 fully saturated rings. The second-order valence-electron chi connectivity index (χ2n) is 5.87. The van der Waals surface area contributed by atoms with Crippen LogP contribution in [0, 0.1) is 0 Å². The third-order valence-corrected chi connectivity index (χ3v) is 3.83. The standard InChI is InChI=1S/C17H23NO4/c1-17(10-5-6-11-17)22-15(19)9-12-18-16(20)21-13-14-7-3-2-4-8-14/h2-4,7-8H,5-6,9-13H2,1H3,(H,18,20). The van der Waals surface area contributed by atoms with Gasteiger partial charge in [0, 0.05) is 6.54 Å². The molecule has 0 unspecified atom stereocenters. The lowest BCUT2D eigenvalue weighted by Gasteiger charge is -2.24. The van der Waals surface area contributed by atoms with Crippen molar-refractivity contribution in [3.05, 3.63) is 35.9 Å². The highest BCUT2D eigenvalue weighted by Gasteiger charge is 2.32. The minimum absolute atomic E-state index is 0.163. The van der Waals surface area contributed by atoms with Crippen molar-refractivity contribution in [2.24, 2.45) is 0 Å². The van der Waals surface area contributed by atoms with Gasteiger partial charge in [-0.3, -0.25) is 4.79 Å². The summed E-state index contributed by atoms with van der Waals surface area (Å²) in [4.78, 5) is 23.3. The lowest BCUT2D eigenvalue weighted by atomic mass is 10.1. The van der Waals surface area contributed by atoms with Crippen LogP contribution in [0.5, 0.6) is 0 Å². The zero-order chi connectivity index (χ0) is 15.8. The van der Waals surface area contributed by atoms with Crippen LogP contribution in [0.15, 0.2) is 30.3 Å². The molecule has 0 heterocycles. The Morgan fingerprint density at radius 2 is 1.86 bits per heavy atom. The third-order valence-electron chi connectivity index (χ3n) is 3.83. The first kappa shape index (κ1) is 16.3. The molecule has 1 saturated carbocycles. The summed E-state index contributed by atoms with van der Waals surface area (Å²) in [6.45, 7) is 2.41. The molecule has 0 aromatic heterocycles. The largest absolute Gasteiger partial charge is 0.459 e. The highest BCUT2D eigenvalue weighted by Crippen LogP contribution is 2.32. The Bertz CT molecular complexity index is 495. The van der Waals surface area contributed by atoms with Crippen LogP contribution in [-0.4, -0.2) is 24.2 Å². The van der Waals surface area contributed by atoms with Gasteiger partial charge >= 0.3 is 12.1 Å². The Balaban J connectivity index is 1.59. The zero-order valence-corrected chi connectivity index (χ0v) is 13.0. The molecule has 0 saturated heterocycles. The fourth-order valence-electron chi connectivity index (χ4n) is 2.59. The van der Waals surface area contributed by atoms with Crippen LogP contribution in [-0.2, 0) is 20.9 Å². The average molecular weight is 305 g/mol. The van der Waals surface area contributed by atoms with E-state index in [0.717, 1.165) is 31.2 Å². The quantitative estimate of drug-likeness (QED) is 0.820. The maximum absolute atomic E-state index is 11.8. The minimum Gasteiger partial charge on any atom is -0.459 e. The molecular formula is C17H23NO4. The number of hydrogen-bond donors (Lipinski definition) is 1. The summed E-state index contributed by atoms with van der Waals surface area (Å²) in [5, 5.41) is 2.56. The van der Waals surface area contributed by atoms with Gasteiger partial charge in [-0.2, -0.15) is 0 Å². The summed E-state index contributed by atoms with van der Waals surface area (Å²) in [6, 6.07) is 9.44. The summed E-state index contributed by atoms with van der Waals surface area (Å²) < 4.78 is 10.5. The molecule has 0 aliphatic heterocycles. The fourth-order valence-corrected chi connectivity index (χ4v) is 2.59. The molecule has 1 amide bonds. The van der Waals surface area contributed by atoms with E-state index in [2.05, 4.69) is 5.32 Å². The second-order valence-corrected chi connectivity index (χ2v) is 5.87. The molecule has 0 radical (unpaired) electrons. The first-order valence-corrected chi connectivity index (χ1v) is 7.74. The molecule has 1 aliphatic carbocycles. The van der Waals surface area contributed by atoms with Crippen molar-refractivity contribution in [2.75, 3.05) is 6.54 Å². The number of nitrogens with one attached hydrogen (secondary N) is 1. The van der Waals surface area contributed by atoms with E-state index < -0.39 is 6.09 Å². The number of ether oxygens (including phenoxy) is 2. The highest BCUT2D eigenvalue weighted by atomic mass is 16.6. The van der Waals surface area contributed by atoms with Crippen molar-refractivity contribution in [1.82, 2.24) is 5.32 Å². The van der Waals surface area contributed by atoms with E-state index in [9.17, 15) is 9.59 Å². The van der Waals surface area contributed by atoms with Gasteiger partial charge in [0.1, 0.15) is 12.2 Å². The Labute approximate surface area is 131 Å². The van der Waals surface area contributed by atoms with E-state index in [0.29, 0.717) is 0 Å². The van der Waals surface area contributed by atoms with Crippen molar-refractivity contribution in [2.45, 2.75) is 51.2 Å². The Kier molecular flexibility index (Phi) is 5.81. The van der Waals surface area contributed by atoms with Gasteiger partial charge in [0.25, 0.3) is 0 Å². The van der Waals surface area contributed by atoms with Crippen LogP contribution in [0.3, 0.4) is 0 Å². The number of benzene rings is 1. The van der Waals surface area contributed by atoms with E-state index in [1.54, 1.807) is 0 Å². The van der Waals surface area contributed by atoms with Crippen molar-refractivity contribution >= 4 is 12.1 Å². The smallest absolute Gasteiger partial charge is 0.407 e. The van der Waals surface area contributed by atoms with Gasteiger partial charge in [0.2, 0.25) is 0 Å². The van der Waals surface area contributed by atoms with Crippen molar-refractivity contribution in [3.63, 3.8) is 0 Å². The number of esters is 1. The number of rotatable bonds is 6. The van der Waals surface area contributed by atoms with Crippen LogP contribution < -0.4 is 5.32 Å². The maximum atomic E-state index is 11.8. The Hall–Kier alpha value is -2.04. The number of amides is 1. The van der Waals surface area contributed by atoms with Crippen LogP contribution in [0.2, 0.25) is 0 Å². The molecule has 0 bridgehead atoms. The topological polar surface area (TPSA) is 64.6 Å². The molecular weight excluding hydrogens is 282 g/mol. The van der Waals surface area contributed by atoms with Gasteiger partial charge in [-0.15, -0.1) is 0 Å². The van der Waals surface area contributed by atoms with Crippen molar-refractivity contribution < 1.29 is 19.1 Å². The summed E-state index contributed by atoms with van der Waals surface area (Å²) >= 11 is 0. The molecule has 0 atom stereocenters. The lowest BCUT2D eigenvalue weighted by molar-refractivity contribution is -0.157. The minimum atomic E-state index is -0.524. The van der Waals surface area contributed by atoms with Crippen LogP contribution in [0.25, 0.3) is 0 Å². The van der Waals surface area contributed by atoms with Gasteiger partial charge in [-0.25, -0.2) is 4.79 Å². The number of carbonyl (C=O) groups excluding carboxylic acids is 2. The number of hydrogen-bond acceptors (Lipinski definition) is 4. The molecule has 5 nitrogen and oxygen atoms in total. The summed E-state index contributed by atoms with van der Waals surface area (Å²) in [7, 11) is 0. The molecule has 1 aromatic carbocycles. The third kappa shape index (κ3) is 5.39. The monoisotopic (exact) mass is 305 g/mol. The van der Waals surface area contributed by atoms with Gasteiger partial charge in [-0.1, -0.05) is 30.3 Å². The second kappa shape index (κ2) is 7.82. The lowest BCUT2D eigenvalue weighted by Crippen LogP contribution is -2.31. The molecule has 1 aliphatic rings. The normalized spacial score (nSPS) is 16.0. The van der Waals surface area contributed by atoms with Gasteiger partial charge < -0.3 is 14.8 Å². The molecule has 120 valence electrons. The van der Waals surface area contributed by atoms with E-state index in [1.165, 1.54) is 0 Å². The molecule has 1 aromatic rings. The first-order chi connectivity index (χ1) is 10.6. The summed E-state index contributed by atoms with van der Waals surface area (Å²) in [5.41, 5.74) is 0.608. The average Bonchev–Trinajstić information content (AvgIpc) is 2.92. The van der Waals surface area contributed by atoms with Gasteiger partial charge in [-0.05, 0) is 38.2 Å². The van der Waals surface area contributed by atoms with E-state index >= 15 is 0 Å². The van der Waals surface area contributed by atoms with Gasteiger partial charge in [0.05, 0.1) is 6.42 Å². The Morgan fingerprint density at radius 3 is 2.55 bits per heavy atom. The van der Waals surface area contributed by atoms with E-state index in [1.807, 2.05) is 37.3 Å². The highest BCUT2D eigenvalue weighted by molar-refractivity contribution is 5.72. The molecule has 0 spiro atoms. The first-order valence-electron chi connectivity index (χ1n) is 7.74. The number of alkyl carbamates (subject to hydrolysis) is 1. The molecule has 1 N–H and O–H groups in total. The molecule has 22 heavy (non-hydrogen) atoms. The molecule has 2 rings (SSSR count). The fraction of sp³-hybridized carbons (Fsp3) is 0.529. The van der Waals surface area contributed by atoms with Gasteiger partial charge in [0.15, 0.2) is 0 Å². The van der Waals surface area contributed by atoms with E-state index in [4.69, 9.17) is 9.47 Å². The predicted molar refractivity (Wildman–Crippen MR) is 82.2 cm³/mol. The van der Waals surface area contributed by atoms with Crippen LogP contribution in [0.1, 0.15) is 44.6 Å². The van der Waals surface area contributed by atoms with Crippen LogP contribution >= 0.6 is 0 Å². The van der Waals surface area contributed by atoms with Crippen molar-refractivity contribution in [3.8, 4) is 0 Å². The van der Waals surface area contributed by atoms with E-state index in [-0.39, 0.29) is 31.1 Å². The predicted octanol–water partition coefficient (Wildman–Crippen LogP) is 3.18. The molecule has 5 heteroatoms.